The molecule has 1 aromatic rings. The molecule has 0 unspecified atom stereocenters. The van der Waals surface area contributed by atoms with Gasteiger partial charge in [-0.05, 0) is 12.8 Å². The topological polar surface area (TPSA) is 63.8 Å². The highest BCUT2D eigenvalue weighted by Gasteiger charge is 2.09. The van der Waals surface area contributed by atoms with Crippen LogP contribution in [0.5, 0.6) is 0 Å². The van der Waals surface area contributed by atoms with Gasteiger partial charge in [0.15, 0.2) is 5.82 Å². The van der Waals surface area contributed by atoms with Crippen molar-refractivity contribution in [2.24, 2.45) is 0 Å². The molecule has 0 atom stereocenters. The molecule has 0 spiro atoms. The van der Waals surface area contributed by atoms with Gasteiger partial charge < -0.3 is 11.1 Å². The second-order valence-electron chi connectivity index (χ2n) is 3.08. The maximum atomic E-state index is 5.94. The van der Waals surface area contributed by atoms with Crippen LogP contribution in [0.25, 0.3) is 0 Å². The van der Waals surface area contributed by atoms with E-state index < -0.39 is 0 Å². The Morgan fingerprint density at radius 3 is 2.64 bits per heavy atom. The third-order valence-corrected chi connectivity index (χ3v) is 2.52. The summed E-state index contributed by atoms with van der Waals surface area (Å²) in [5, 5.41) is 3.63. The standard InChI is InChI=1S/C9H15ClN4/c1-3-6(4-2)14-9-7(10)8(11)12-5-13-9/h5-6H,3-4H2,1-2H3,(H3,11,12,13,14). The van der Waals surface area contributed by atoms with E-state index in [1.54, 1.807) is 0 Å². The summed E-state index contributed by atoms with van der Waals surface area (Å²) in [6.07, 6.45) is 3.46. The van der Waals surface area contributed by atoms with Gasteiger partial charge in [0, 0.05) is 6.04 Å². The van der Waals surface area contributed by atoms with Crippen LogP contribution in [0, 0.1) is 0 Å². The molecule has 3 N–H and O–H groups in total. The summed E-state index contributed by atoms with van der Waals surface area (Å²) in [6.45, 7) is 4.22. The molecule has 0 radical (unpaired) electrons. The number of nitrogen functional groups attached to an aromatic ring is 1. The van der Waals surface area contributed by atoms with Crippen molar-refractivity contribution in [3.63, 3.8) is 0 Å². The molecule has 1 heterocycles. The molecule has 4 nitrogen and oxygen atoms in total. The van der Waals surface area contributed by atoms with E-state index in [9.17, 15) is 0 Å². The number of nitrogens with one attached hydrogen (secondary N) is 1. The Morgan fingerprint density at radius 1 is 1.43 bits per heavy atom. The molecule has 0 fully saturated rings. The molecule has 78 valence electrons. The van der Waals surface area contributed by atoms with Gasteiger partial charge in [-0.25, -0.2) is 9.97 Å². The Kier molecular flexibility index (Phi) is 3.95. The van der Waals surface area contributed by atoms with Crippen molar-refractivity contribution >= 4 is 23.2 Å². The lowest BCUT2D eigenvalue weighted by molar-refractivity contribution is 0.668. The van der Waals surface area contributed by atoms with E-state index >= 15 is 0 Å². The molecule has 1 rings (SSSR count). The molecular weight excluding hydrogens is 200 g/mol. The summed E-state index contributed by atoms with van der Waals surface area (Å²) < 4.78 is 0. The SMILES string of the molecule is CCC(CC)Nc1ncnc(N)c1Cl. The summed E-state index contributed by atoms with van der Waals surface area (Å²) in [6, 6.07) is 0.377. The van der Waals surface area contributed by atoms with Gasteiger partial charge in [-0.15, -0.1) is 0 Å². The van der Waals surface area contributed by atoms with Gasteiger partial charge in [0.25, 0.3) is 0 Å². The molecule has 0 saturated heterocycles. The van der Waals surface area contributed by atoms with E-state index in [1.807, 2.05) is 0 Å². The molecule has 0 aliphatic carbocycles. The Hall–Kier alpha value is -1.03. The highest BCUT2D eigenvalue weighted by Crippen LogP contribution is 2.24. The van der Waals surface area contributed by atoms with Gasteiger partial charge in [0.2, 0.25) is 0 Å². The molecule has 0 aliphatic heterocycles. The minimum absolute atomic E-state index is 0.315. The van der Waals surface area contributed by atoms with Crippen molar-refractivity contribution in [1.29, 1.82) is 0 Å². The van der Waals surface area contributed by atoms with Crippen molar-refractivity contribution in [3.8, 4) is 0 Å². The Morgan fingerprint density at radius 2 is 2.07 bits per heavy atom. The maximum absolute atomic E-state index is 5.94. The van der Waals surface area contributed by atoms with Gasteiger partial charge in [-0.2, -0.15) is 0 Å². The van der Waals surface area contributed by atoms with E-state index in [4.69, 9.17) is 17.3 Å². The summed E-state index contributed by atoms with van der Waals surface area (Å²) in [4.78, 5) is 7.83. The molecular formula is C9H15ClN4. The van der Waals surface area contributed by atoms with Crippen LogP contribution in [0.1, 0.15) is 26.7 Å². The zero-order valence-electron chi connectivity index (χ0n) is 8.42. The predicted molar refractivity (Wildman–Crippen MR) is 59.4 cm³/mol. The van der Waals surface area contributed by atoms with E-state index in [0.717, 1.165) is 12.8 Å². The van der Waals surface area contributed by atoms with Crippen LogP contribution in [-0.2, 0) is 0 Å². The van der Waals surface area contributed by atoms with Crippen LogP contribution in [-0.4, -0.2) is 16.0 Å². The lowest BCUT2D eigenvalue weighted by atomic mass is 10.2. The fourth-order valence-electron chi connectivity index (χ4n) is 1.17. The van der Waals surface area contributed by atoms with Crippen LogP contribution in [0.3, 0.4) is 0 Å². The van der Waals surface area contributed by atoms with Gasteiger partial charge in [-0.3, -0.25) is 0 Å². The monoisotopic (exact) mass is 214 g/mol. The lowest BCUT2D eigenvalue weighted by Gasteiger charge is -2.16. The summed E-state index contributed by atoms with van der Waals surface area (Å²) in [7, 11) is 0. The summed E-state index contributed by atoms with van der Waals surface area (Å²) >= 11 is 5.94. The molecule has 5 heteroatoms. The minimum atomic E-state index is 0.315. The molecule has 0 bridgehead atoms. The first-order valence-electron chi connectivity index (χ1n) is 4.71. The third kappa shape index (κ3) is 2.48. The number of aromatic nitrogens is 2. The number of hydrogen-bond acceptors (Lipinski definition) is 4. The zero-order chi connectivity index (χ0) is 10.6. The van der Waals surface area contributed by atoms with E-state index in [1.165, 1.54) is 6.33 Å². The quantitative estimate of drug-likeness (QED) is 0.808. The van der Waals surface area contributed by atoms with Crippen LogP contribution < -0.4 is 11.1 Å². The van der Waals surface area contributed by atoms with Crippen LogP contribution >= 0.6 is 11.6 Å². The van der Waals surface area contributed by atoms with E-state index in [2.05, 4.69) is 29.1 Å². The van der Waals surface area contributed by atoms with Crippen molar-refractivity contribution in [2.75, 3.05) is 11.1 Å². The van der Waals surface area contributed by atoms with Crippen molar-refractivity contribution in [2.45, 2.75) is 32.7 Å². The number of nitrogens with zero attached hydrogens (tertiary/aromatic N) is 2. The maximum Gasteiger partial charge on any atom is 0.150 e. The fraction of sp³-hybridized carbons (Fsp3) is 0.556. The molecule has 1 aromatic heterocycles. The number of halogens is 1. The highest BCUT2D eigenvalue weighted by molar-refractivity contribution is 6.35. The second-order valence-corrected chi connectivity index (χ2v) is 3.46. The first-order valence-corrected chi connectivity index (χ1v) is 5.09. The molecule has 0 saturated carbocycles. The highest BCUT2D eigenvalue weighted by atomic mass is 35.5. The molecule has 14 heavy (non-hydrogen) atoms. The number of nitrogens with two attached hydrogens (primary N) is 1. The minimum Gasteiger partial charge on any atom is -0.382 e. The van der Waals surface area contributed by atoms with Crippen molar-refractivity contribution < 1.29 is 0 Å². The summed E-state index contributed by atoms with van der Waals surface area (Å²) in [5.74, 6) is 0.933. The Labute approximate surface area is 88.9 Å². The second kappa shape index (κ2) is 5.00. The number of anilines is 2. The van der Waals surface area contributed by atoms with Gasteiger partial charge >= 0.3 is 0 Å². The predicted octanol–water partition coefficient (Wildman–Crippen LogP) is 2.31. The largest absolute Gasteiger partial charge is 0.382 e. The van der Waals surface area contributed by atoms with Crippen molar-refractivity contribution in [1.82, 2.24) is 9.97 Å². The number of rotatable bonds is 4. The lowest BCUT2D eigenvalue weighted by Crippen LogP contribution is -2.18. The van der Waals surface area contributed by atoms with Gasteiger partial charge in [-0.1, -0.05) is 25.4 Å². The third-order valence-electron chi connectivity index (χ3n) is 2.14. The molecule has 0 aromatic carbocycles. The van der Waals surface area contributed by atoms with Crippen LogP contribution in [0.4, 0.5) is 11.6 Å². The first kappa shape index (κ1) is 11.0. The Bertz CT molecular complexity index is 299. The fourth-order valence-corrected chi connectivity index (χ4v) is 1.32. The van der Waals surface area contributed by atoms with Crippen LogP contribution in [0.2, 0.25) is 5.02 Å². The zero-order valence-corrected chi connectivity index (χ0v) is 9.17. The molecule has 0 aliphatic rings. The average molecular weight is 215 g/mol. The number of hydrogen-bond donors (Lipinski definition) is 2. The molecule has 0 amide bonds. The van der Waals surface area contributed by atoms with Crippen LogP contribution in [0.15, 0.2) is 6.33 Å². The van der Waals surface area contributed by atoms with Crippen molar-refractivity contribution in [3.05, 3.63) is 11.3 Å². The average Bonchev–Trinajstić information content (AvgIpc) is 2.20. The Balaban J connectivity index is 2.80. The summed E-state index contributed by atoms with van der Waals surface area (Å²) in [5.41, 5.74) is 5.56. The van der Waals surface area contributed by atoms with E-state index in [0.29, 0.717) is 22.7 Å². The normalized spacial score (nSPS) is 10.6. The van der Waals surface area contributed by atoms with Gasteiger partial charge in [0.1, 0.15) is 17.2 Å². The van der Waals surface area contributed by atoms with E-state index in [-0.39, 0.29) is 0 Å². The first-order chi connectivity index (χ1) is 6.69. The van der Waals surface area contributed by atoms with Gasteiger partial charge in [0.05, 0.1) is 0 Å². The smallest absolute Gasteiger partial charge is 0.150 e.